The molecule has 1 aromatic carbocycles. The molecule has 0 aromatic heterocycles. The van der Waals surface area contributed by atoms with E-state index in [-0.39, 0.29) is 5.54 Å². The molecule has 0 saturated carbocycles. The Kier molecular flexibility index (Phi) is 4.40. The summed E-state index contributed by atoms with van der Waals surface area (Å²) in [6.07, 6.45) is 2.26. The van der Waals surface area contributed by atoms with Gasteiger partial charge in [-0.25, -0.2) is 0 Å². The second-order valence-corrected chi connectivity index (χ2v) is 6.52. The molecule has 1 aliphatic rings. The number of hydrogen-bond donors (Lipinski definition) is 1. The predicted octanol–water partition coefficient (Wildman–Crippen LogP) is 3.83. The molecule has 0 saturated heterocycles. The fourth-order valence-corrected chi connectivity index (χ4v) is 3.20. The molecule has 0 radical (unpaired) electrons. The van der Waals surface area contributed by atoms with Crippen molar-refractivity contribution in [1.29, 1.82) is 0 Å². The first-order valence-electron chi connectivity index (χ1n) is 6.79. The van der Waals surface area contributed by atoms with E-state index in [4.69, 9.17) is 4.99 Å². The summed E-state index contributed by atoms with van der Waals surface area (Å²) in [6.45, 7) is 4.45. The third kappa shape index (κ3) is 3.66. The third-order valence-corrected chi connectivity index (χ3v) is 4.52. The minimum absolute atomic E-state index is 0.108. The normalized spacial score (nSPS) is 22.8. The maximum absolute atomic E-state index is 4.84. The standard InChI is InChI=1S/C15H23N3S/c1-5-15(2)10-11-19-14(17-15)16-12-6-8-13(9-7-12)18(3)4/h6-9H,5,10-11H2,1-4H3,(H,16,17). The Morgan fingerprint density at radius 1 is 1.32 bits per heavy atom. The van der Waals surface area contributed by atoms with Crippen molar-refractivity contribution in [3.63, 3.8) is 0 Å². The van der Waals surface area contributed by atoms with Crippen LogP contribution in [0.3, 0.4) is 0 Å². The van der Waals surface area contributed by atoms with Crippen LogP contribution in [0.25, 0.3) is 0 Å². The lowest BCUT2D eigenvalue weighted by atomic mass is 9.97. The number of hydrogen-bond acceptors (Lipinski definition) is 4. The molecule has 2 rings (SSSR count). The molecule has 0 bridgehead atoms. The highest BCUT2D eigenvalue weighted by Gasteiger charge is 2.25. The average molecular weight is 277 g/mol. The van der Waals surface area contributed by atoms with Crippen molar-refractivity contribution in [3.05, 3.63) is 24.3 Å². The van der Waals surface area contributed by atoms with Gasteiger partial charge < -0.3 is 10.2 Å². The maximum Gasteiger partial charge on any atom is 0.161 e. The van der Waals surface area contributed by atoms with Crippen molar-refractivity contribution in [2.24, 2.45) is 4.99 Å². The molecule has 1 N–H and O–H groups in total. The molecule has 4 heteroatoms. The minimum Gasteiger partial charge on any atom is -0.378 e. The SMILES string of the molecule is CCC1(C)CCSC(Nc2ccc(N(C)C)cc2)=N1. The van der Waals surface area contributed by atoms with E-state index in [1.807, 2.05) is 11.8 Å². The van der Waals surface area contributed by atoms with Crippen LogP contribution in [0, 0.1) is 0 Å². The van der Waals surface area contributed by atoms with Gasteiger partial charge in [-0.3, -0.25) is 4.99 Å². The van der Waals surface area contributed by atoms with Gasteiger partial charge in [0.2, 0.25) is 0 Å². The number of amidine groups is 1. The highest BCUT2D eigenvalue weighted by atomic mass is 32.2. The van der Waals surface area contributed by atoms with Gasteiger partial charge in [0, 0.05) is 31.2 Å². The topological polar surface area (TPSA) is 27.6 Å². The molecule has 0 aliphatic carbocycles. The monoisotopic (exact) mass is 277 g/mol. The number of aliphatic imine (C=N–C) groups is 1. The summed E-state index contributed by atoms with van der Waals surface area (Å²) in [5, 5.41) is 4.48. The fraction of sp³-hybridized carbons (Fsp3) is 0.533. The van der Waals surface area contributed by atoms with Gasteiger partial charge in [0.25, 0.3) is 0 Å². The zero-order chi connectivity index (χ0) is 13.9. The zero-order valence-corrected chi connectivity index (χ0v) is 13.0. The van der Waals surface area contributed by atoms with Crippen molar-refractivity contribution in [3.8, 4) is 0 Å². The van der Waals surface area contributed by atoms with Crippen molar-refractivity contribution < 1.29 is 0 Å². The van der Waals surface area contributed by atoms with Gasteiger partial charge in [0.1, 0.15) is 0 Å². The Hall–Kier alpha value is -1.16. The average Bonchev–Trinajstić information content (AvgIpc) is 2.39. The van der Waals surface area contributed by atoms with Gasteiger partial charge in [-0.1, -0.05) is 18.7 Å². The van der Waals surface area contributed by atoms with Crippen LogP contribution in [0.1, 0.15) is 26.7 Å². The molecule has 1 aliphatic heterocycles. The summed E-state index contributed by atoms with van der Waals surface area (Å²) in [7, 11) is 4.10. The van der Waals surface area contributed by atoms with Gasteiger partial charge >= 0.3 is 0 Å². The van der Waals surface area contributed by atoms with Crippen LogP contribution in [0.15, 0.2) is 29.3 Å². The first kappa shape index (κ1) is 14.3. The van der Waals surface area contributed by atoms with Crippen molar-refractivity contribution >= 4 is 28.3 Å². The summed E-state index contributed by atoms with van der Waals surface area (Å²) in [6, 6.07) is 8.46. The second-order valence-electron chi connectivity index (χ2n) is 5.43. The van der Waals surface area contributed by atoms with Crippen LogP contribution >= 0.6 is 11.8 Å². The van der Waals surface area contributed by atoms with E-state index in [1.165, 1.54) is 12.1 Å². The smallest absolute Gasteiger partial charge is 0.161 e. The van der Waals surface area contributed by atoms with E-state index in [0.29, 0.717) is 0 Å². The summed E-state index contributed by atoms with van der Waals surface area (Å²) in [5.74, 6) is 1.14. The summed E-state index contributed by atoms with van der Waals surface area (Å²) in [4.78, 5) is 6.95. The molecule has 1 unspecified atom stereocenters. The van der Waals surface area contributed by atoms with Gasteiger partial charge in [-0.05, 0) is 44.0 Å². The summed E-state index contributed by atoms with van der Waals surface area (Å²) >= 11 is 1.81. The van der Waals surface area contributed by atoms with Crippen molar-refractivity contribution in [2.45, 2.75) is 32.2 Å². The molecular formula is C15H23N3S. The largest absolute Gasteiger partial charge is 0.378 e. The number of rotatable bonds is 3. The van der Waals surface area contributed by atoms with E-state index in [9.17, 15) is 0 Å². The Balaban J connectivity index is 2.08. The van der Waals surface area contributed by atoms with Crippen LogP contribution in [-0.2, 0) is 0 Å². The number of nitrogens with one attached hydrogen (secondary N) is 1. The van der Waals surface area contributed by atoms with Crippen molar-refractivity contribution in [1.82, 2.24) is 0 Å². The first-order valence-corrected chi connectivity index (χ1v) is 7.78. The summed E-state index contributed by atoms with van der Waals surface area (Å²) < 4.78 is 0. The molecule has 1 atom stereocenters. The molecule has 19 heavy (non-hydrogen) atoms. The lowest BCUT2D eigenvalue weighted by Gasteiger charge is -2.29. The summed E-state index contributed by atoms with van der Waals surface area (Å²) in [5.41, 5.74) is 2.43. The molecule has 0 amide bonds. The fourth-order valence-electron chi connectivity index (χ4n) is 1.99. The quantitative estimate of drug-likeness (QED) is 0.910. The van der Waals surface area contributed by atoms with Crippen LogP contribution in [0.2, 0.25) is 0 Å². The Morgan fingerprint density at radius 2 is 2.00 bits per heavy atom. The minimum atomic E-state index is 0.108. The van der Waals surface area contributed by atoms with E-state index in [2.05, 4.69) is 62.4 Å². The van der Waals surface area contributed by atoms with Gasteiger partial charge in [-0.15, -0.1) is 0 Å². The molecule has 3 nitrogen and oxygen atoms in total. The van der Waals surface area contributed by atoms with E-state index in [0.717, 1.165) is 23.0 Å². The first-order chi connectivity index (χ1) is 9.02. The lowest BCUT2D eigenvalue weighted by Crippen LogP contribution is -2.29. The van der Waals surface area contributed by atoms with E-state index in [1.54, 1.807) is 0 Å². The zero-order valence-electron chi connectivity index (χ0n) is 12.2. The van der Waals surface area contributed by atoms with Crippen LogP contribution in [0.5, 0.6) is 0 Å². The second kappa shape index (κ2) is 5.87. The third-order valence-electron chi connectivity index (χ3n) is 3.65. The Labute approximate surface area is 120 Å². The number of nitrogens with zero attached hydrogens (tertiary/aromatic N) is 2. The van der Waals surface area contributed by atoms with E-state index >= 15 is 0 Å². The van der Waals surface area contributed by atoms with Gasteiger partial charge in [0.15, 0.2) is 5.17 Å². The Morgan fingerprint density at radius 3 is 2.58 bits per heavy atom. The highest BCUT2D eigenvalue weighted by Crippen LogP contribution is 2.30. The van der Waals surface area contributed by atoms with Gasteiger partial charge in [-0.2, -0.15) is 0 Å². The number of anilines is 2. The van der Waals surface area contributed by atoms with Crippen molar-refractivity contribution in [2.75, 3.05) is 30.1 Å². The van der Waals surface area contributed by atoms with Gasteiger partial charge in [0.05, 0.1) is 5.54 Å². The molecule has 1 aromatic rings. The van der Waals surface area contributed by atoms with Crippen LogP contribution in [0.4, 0.5) is 11.4 Å². The maximum atomic E-state index is 4.84. The molecule has 104 valence electrons. The van der Waals surface area contributed by atoms with Crippen LogP contribution < -0.4 is 10.2 Å². The highest BCUT2D eigenvalue weighted by molar-refractivity contribution is 8.14. The predicted molar refractivity (Wildman–Crippen MR) is 87.6 cm³/mol. The number of benzene rings is 1. The molecular weight excluding hydrogens is 254 g/mol. The molecule has 0 fully saturated rings. The number of thioether (sulfide) groups is 1. The molecule has 0 spiro atoms. The Bertz CT molecular complexity index is 453. The van der Waals surface area contributed by atoms with E-state index < -0.39 is 0 Å². The lowest BCUT2D eigenvalue weighted by molar-refractivity contribution is 0.443. The van der Waals surface area contributed by atoms with Crippen LogP contribution in [-0.4, -0.2) is 30.6 Å². The molecule has 1 heterocycles.